The molecule has 1 aliphatic rings. The van der Waals surface area contributed by atoms with E-state index in [9.17, 15) is 8.42 Å². The van der Waals surface area contributed by atoms with Crippen molar-refractivity contribution in [3.05, 3.63) is 16.5 Å². The van der Waals surface area contributed by atoms with Gasteiger partial charge in [-0.3, -0.25) is 0 Å². The Balaban J connectivity index is 2.20. The van der Waals surface area contributed by atoms with Crippen LogP contribution in [0.5, 0.6) is 0 Å². The van der Waals surface area contributed by atoms with Crippen LogP contribution in [0.4, 0.5) is 0 Å². The molecule has 2 N–H and O–H groups in total. The van der Waals surface area contributed by atoms with Crippen LogP contribution in [-0.4, -0.2) is 31.9 Å². The van der Waals surface area contributed by atoms with E-state index in [1.807, 2.05) is 0 Å². The maximum absolute atomic E-state index is 12.1. The molecule has 1 aliphatic heterocycles. The standard InChI is InChI=1S/C9H13ClN2O2S2/c10-8-1-2-9(15-8)16(13,14)12-5-3-7(11)4-6-12/h1-2,7H,3-6,11H2. The number of hydrogen-bond donors (Lipinski definition) is 1. The van der Waals surface area contributed by atoms with E-state index in [1.54, 1.807) is 12.1 Å². The molecule has 0 spiro atoms. The molecule has 16 heavy (non-hydrogen) atoms. The van der Waals surface area contributed by atoms with Crippen LogP contribution in [0.2, 0.25) is 4.34 Å². The van der Waals surface area contributed by atoms with Crippen LogP contribution in [0.3, 0.4) is 0 Å². The Bertz CT molecular complexity index is 464. The molecule has 7 heteroatoms. The molecule has 0 atom stereocenters. The van der Waals surface area contributed by atoms with Crippen LogP contribution in [0.15, 0.2) is 16.3 Å². The zero-order valence-electron chi connectivity index (χ0n) is 8.60. The maximum atomic E-state index is 12.1. The molecule has 0 aliphatic carbocycles. The summed E-state index contributed by atoms with van der Waals surface area (Å²) in [7, 11) is -3.35. The summed E-state index contributed by atoms with van der Waals surface area (Å²) < 4.78 is 26.6. The molecule has 0 unspecified atom stereocenters. The van der Waals surface area contributed by atoms with Gasteiger partial charge in [-0.25, -0.2) is 8.42 Å². The fourth-order valence-electron chi connectivity index (χ4n) is 1.68. The number of rotatable bonds is 2. The molecule has 0 amide bonds. The molecule has 2 rings (SSSR count). The van der Waals surface area contributed by atoms with Crippen molar-refractivity contribution in [3.63, 3.8) is 0 Å². The van der Waals surface area contributed by atoms with Gasteiger partial charge < -0.3 is 5.73 Å². The first-order chi connectivity index (χ1) is 7.50. The summed E-state index contributed by atoms with van der Waals surface area (Å²) in [5.41, 5.74) is 5.74. The van der Waals surface area contributed by atoms with E-state index in [-0.39, 0.29) is 6.04 Å². The van der Waals surface area contributed by atoms with Gasteiger partial charge in [-0.1, -0.05) is 11.6 Å². The van der Waals surface area contributed by atoms with Gasteiger partial charge in [0.2, 0.25) is 0 Å². The average Bonchev–Trinajstić information content (AvgIpc) is 2.66. The molecular weight excluding hydrogens is 268 g/mol. The van der Waals surface area contributed by atoms with Crippen molar-refractivity contribution in [1.82, 2.24) is 4.31 Å². The maximum Gasteiger partial charge on any atom is 0.252 e. The summed E-state index contributed by atoms with van der Waals surface area (Å²) in [4.78, 5) is 0. The van der Waals surface area contributed by atoms with Crippen LogP contribution in [-0.2, 0) is 10.0 Å². The van der Waals surface area contributed by atoms with E-state index in [0.29, 0.717) is 21.6 Å². The topological polar surface area (TPSA) is 63.4 Å². The highest BCUT2D eigenvalue weighted by molar-refractivity contribution is 7.91. The van der Waals surface area contributed by atoms with Crippen LogP contribution < -0.4 is 5.73 Å². The zero-order chi connectivity index (χ0) is 11.8. The lowest BCUT2D eigenvalue weighted by atomic mass is 10.1. The number of nitrogens with two attached hydrogens (primary N) is 1. The third kappa shape index (κ3) is 2.41. The van der Waals surface area contributed by atoms with Crippen LogP contribution in [0, 0.1) is 0 Å². The Labute approximate surface area is 104 Å². The second-order valence-electron chi connectivity index (χ2n) is 3.80. The highest BCUT2D eigenvalue weighted by atomic mass is 35.5. The molecule has 90 valence electrons. The van der Waals surface area contributed by atoms with Crippen molar-refractivity contribution >= 4 is 33.0 Å². The molecule has 0 aromatic carbocycles. The molecule has 1 aromatic heterocycles. The first-order valence-corrected chi connectivity index (χ1v) is 7.64. The lowest BCUT2D eigenvalue weighted by molar-refractivity contribution is 0.320. The van der Waals surface area contributed by atoms with Crippen molar-refractivity contribution in [1.29, 1.82) is 0 Å². The number of nitrogens with zero attached hydrogens (tertiary/aromatic N) is 1. The molecule has 4 nitrogen and oxygen atoms in total. The molecule has 0 bridgehead atoms. The second-order valence-corrected chi connectivity index (χ2v) is 7.68. The van der Waals surface area contributed by atoms with E-state index >= 15 is 0 Å². The molecular formula is C9H13ClN2O2S2. The Morgan fingerprint density at radius 1 is 1.38 bits per heavy atom. The molecule has 0 radical (unpaired) electrons. The van der Waals surface area contributed by atoms with Crippen molar-refractivity contribution in [3.8, 4) is 0 Å². The van der Waals surface area contributed by atoms with Crippen LogP contribution in [0.25, 0.3) is 0 Å². The Morgan fingerprint density at radius 3 is 2.50 bits per heavy atom. The summed E-state index contributed by atoms with van der Waals surface area (Å²) in [5, 5.41) is 0. The van der Waals surface area contributed by atoms with E-state index in [2.05, 4.69) is 0 Å². The normalized spacial score (nSPS) is 20.1. The van der Waals surface area contributed by atoms with Gasteiger partial charge in [0.1, 0.15) is 4.21 Å². The minimum atomic E-state index is -3.35. The summed E-state index contributed by atoms with van der Waals surface area (Å²) in [6.45, 7) is 0.998. The highest BCUT2D eigenvalue weighted by Gasteiger charge is 2.29. The Hall–Kier alpha value is -0.140. The third-order valence-corrected chi connectivity index (χ3v) is 6.24. The minimum Gasteiger partial charge on any atom is -0.328 e. The van der Waals surface area contributed by atoms with Crippen LogP contribution in [0.1, 0.15) is 12.8 Å². The van der Waals surface area contributed by atoms with Crippen molar-refractivity contribution in [2.24, 2.45) is 5.73 Å². The van der Waals surface area contributed by atoms with Gasteiger partial charge in [0, 0.05) is 19.1 Å². The van der Waals surface area contributed by atoms with Gasteiger partial charge in [-0.15, -0.1) is 11.3 Å². The highest BCUT2D eigenvalue weighted by Crippen LogP contribution is 2.29. The fraction of sp³-hybridized carbons (Fsp3) is 0.556. The summed E-state index contributed by atoms with van der Waals surface area (Å²) in [5.74, 6) is 0. The molecule has 1 fully saturated rings. The lowest BCUT2D eigenvalue weighted by Gasteiger charge is -2.28. The lowest BCUT2D eigenvalue weighted by Crippen LogP contribution is -2.42. The summed E-state index contributed by atoms with van der Waals surface area (Å²) in [6, 6.07) is 3.28. The number of hydrogen-bond acceptors (Lipinski definition) is 4. The Kier molecular flexibility index (Phi) is 3.56. The summed E-state index contributed by atoms with van der Waals surface area (Å²) >= 11 is 6.84. The van der Waals surface area contributed by atoms with Gasteiger partial charge in [0.15, 0.2) is 0 Å². The molecule has 0 saturated carbocycles. The second kappa shape index (κ2) is 4.62. The van der Waals surface area contributed by atoms with Crippen LogP contribution >= 0.6 is 22.9 Å². The van der Waals surface area contributed by atoms with Gasteiger partial charge >= 0.3 is 0 Å². The van der Waals surface area contributed by atoms with Gasteiger partial charge in [-0.05, 0) is 25.0 Å². The smallest absolute Gasteiger partial charge is 0.252 e. The largest absolute Gasteiger partial charge is 0.328 e. The first kappa shape index (κ1) is 12.3. The van der Waals surface area contributed by atoms with E-state index < -0.39 is 10.0 Å². The van der Waals surface area contributed by atoms with Crippen molar-refractivity contribution < 1.29 is 8.42 Å². The Morgan fingerprint density at radius 2 is 2.00 bits per heavy atom. The van der Waals surface area contributed by atoms with E-state index in [4.69, 9.17) is 17.3 Å². The number of piperidine rings is 1. The zero-order valence-corrected chi connectivity index (χ0v) is 11.0. The number of halogens is 1. The van der Waals surface area contributed by atoms with E-state index in [1.165, 1.54) is 4.31 Å². The number of thiophene rings is 1. The SMILES string of the molecule is NC1CCN(S(=O)(=O)c2ccc(Cl)s2)CC1. The van der Waals surface area contributed by atoms with Gasteiger partial charge in [0.25, 0.3) is 10.0 Å². The molecule has 2 heterocycles. The molecule has 1 saturated heterocycles. The summed E-state index contributed by atoms with van der Waals surface area (Å²) in [6.07, 6.45) is 1.44. The van der Waals surface area contributed by atoms with Crippen molar-refractivity contribution in [2.45, 2.75) is 23.1 Å². The van der Waals surface area contributed by atoms with Gasteiger partial charge in [-0.2, -0.15) is 4.31 Å². The fourth-order valence-corrected chi connectivity index (χ4v) is 4.79. The molecule has 1 aromatic rings. The van der Waals surface area contributed by atoms with Crippen molar-refractivity contribution in [2.75, 3.05) is 13.1 Å². The average molecular weight is 281 g/mol. The third-order valence-electron chi connectivity index (χ3n) is 2.64. The van der Waals surface area contributed by atoms with Gasteiger partial charge in [0.05, 0.1) is 4.34 Å². The quantitative estimate of drug-likeness (QED) is 0.893. The van der Waals surface area contributed by atoms with E-state index in [0.717, 1.165) is 24.2 Å². The first-order valence-electron chi connectivity index (χ1n) is 5.01. The number of sulfonamides is 1. The minimum absolute atomic E-state index is 0.123. The predicted octanol–water partition coefficient (Wildman–Crippen LogP) is 1.51. The monoisotopic (exact) mass is 280 g/mol. The predicted molar refractivity (Wildman–Crippen MR) is 65.3 cm³/mol.